The first-order chi connectivity index (χ1) is 24.7. The Bertz CT molecular complexity index is 1280. The smallest absolute Gasteiger partial charge is 0.326 e. The fraction of sp³-hybridized carbons (Fsp3) is 0.727. The van der Waals surface area contributed by atoms with Crippen LogP contribution < -0.4 is 38.1 Å². The van der Waals surface area contributed by atoms with E-state index >= 15 is 0 Å². The second-order valence-electron chi connectivity index (χ2n) is 13.3. The molecular weight excluding hydrogens is 702 g/mol. The minimum absolute atomic E-state index is 0.0425. The van der Waals surface area contributed by atoms with Gasteiger partial charge in [-0.1, -0.05) is 40.5 Å². The molecule has 0 fully saturated rings. The first-order valence-electron chi connectivity index (χ1n) is 17.6. The number of nitrogens with one attached hydrogen (secondary N) is 5. The molecule has 0 bridgehead atoms. The van der Waals surface area contributed by atoms with E-state index in [2.05, 4.69) is 26.6 Å². The molecule has 0 saturated heterocycles. The van der Waals surface area contributed by atoms with Crippen molar-refractivity contribution in [3.8, 4) is 0 Å². The summed E-state index contributed by atoms with van der Waals surface area (Å²) in [5.74, 6) is -10.8. The Morgan fingerprint density at radius 1 is 0.547 bits per heavy atom. The maximum absolute atomic E-state index is 13.6. The summed E-state index contributed by atoms with van der Waals surface area (Å²) in [5.41, 5.74) is 11.5. The molecule has 0 unspecified atom stereocenters. The van der Waals surface area contributed by atoms with Crippen molar-refractivity contribution in [1.29, 1.82) is 0 Å². The zero-order valence-electron chi connectivity index (χ0n) is 30.7. The summed E-state index contributed by atoms with van der Waals surface area (Å²) >= 11 is 0. The monoisotopic (exact) mass is 759 g/mol. The van der Waals surface area contributed by atoms with Crippen LogP contribution in [0, 0.1) is 11.8 Å². The molecule has 0 aromatic carbocycles. The minimum atomic E-state index is -1.64. The van der Waals surface area contributed by atoms with E-state index in [1.54, 1.807) is 27.7 Å². The van der Waals surface area contributed by atoms with Crippen LogP contribution in [0.25, 0.3) is 0 Å². The molecule has 7 atom stereocenters. The molecule has 0 aromatic heterocycles. The van der Waals surface area contributed by atoms with Gasteiger partial charge in [0.05, 0.1) is 6.04 Å². The van der Waals surface area contributed by atoms with Gasteiger partial charge in [0, 0.05) is 19.3 Å². The van der Waals surface area contributed by atoms with Crippen molar-refractivity contribution in [1.82, 2.24) is 26.6 Å². The topological polar surface area (TPSA) is 347 Å². The van der Waals surface area contributed by atoms with Crippen LogP contribution in [0.15, 0.2) is 0 Å². The van der Waals surface area contributed by atoms with E-state index in [9.17, 15) is 58.5 Å². The van der Waals surface area contributed by atoms with Gasteiger partial charge < -0.3 is 58.5 Å². The molecule has 302 valence electrons. The van der Waals surface area contributed by atoms with E-state index in [1.807, 2.05) is 0 Å². The number of carbonyl (C=O) groups is 9. The molecule has 0 rings (SSSR count). The van der Waals surface area contributed by atoms with Crippen LogP contribution in [0.2, 0.25) is 0 Å². The first-order valence-corrected chi connectivity index (χ1v) is 17.6. The highest BCUT2D eigenvalue weighted by Crippen LogP contribution is 2.12. The van der Waals surface area contributed by atoms with Crippen LogP contribution in [0.5, 0.6) is 0 Å². The SMILES string of the molecule is CC[C@H](C)[C@H](NC(=O)[C@@H](N)CCCCN)C(=O)N[C@@H](CCC(=O)O)C(=O)N[C@@H](CCC(=O)O)C(=O)N[C@@H](CC(C)C)C(=O)N[C@@H](CCC(=O)O)C(=O)O. The van der Waals surface area contributed by atoms with Gasteiger partial charge in [-0.25, -0.2) is 4.79 Å². The molecule has 0 aliphatic carbocycles. The normalized spacial score (nSPS) is 15.0. The third-order valence-corrected chi connectivity index (χ3v) is 8.26. The van der Waals surface area contributed by atoms with E-state index in [0.717, 1.165) is 0 Å². The zero-order chi connectivity index (χ0) is 40.8. The van der Waals surface area contributed by atoms with Crippen LogP contribution in [-0.2, 0) is 43.2 Å². The standard InChI is InChI=1S/C33H57N7O13/c1-5-18(4)27(40-28(47)19(35)8-6-7-15-34)32(51)37-21(10-13-25(43)44)29(48)36-20(9-12-24(41)42)30(49)39-23(16-17(2)3)31(50)38-22(33(52)53)11-14-26(45)46/h17-23,27H,5-16,34-35H2,1-4H3,(H,36,48)(H,37,51)(H,38,50)(H,39,49)(H,40,47)(H,41,42)(H,43,44)(H,45,46)(H,52,53)/t18-,19-,20-,21-,22-,23-,27-/m0/s1. The van der Waals surface area contributed by atoms with Crippen molar-refractivity contribution >= 4 is 53.4 Å². The Labute approximate surface area is 307 Å². The summed E-state index contributed by atoms with van der Waals surface area (Å²) in [5, 5.41) is 49.0. The van der Waals surface area contributed by atoms with Crippen molar-refractivity contribution < 1.29 is 63.6 Å². The molecule has 20 heteroatoms. The molecule has 0 heterocycles. The summed E-state index contributed by atoms with van der Waals surface area (Å²) in [4.78, 5) is 112. The van der Waals surface area contributed by atoms with Crippen LogP contribution in [0.3, 0.4) is 0 Å². The van der Waals surface area contributed by atoms with E-state index in [1.165, 1.54) is 0 Å². The highest BCUT2D eigenvalue weighted by atomic mass is 16.4. The lowest BCUT2D eigenvalue weighted by atomic mass is 9.96. The maximum Gasteiger partial charge on any atom is 0.326 e. The molecule has 0 spiro atoms. The fourth-order valence-corrected chi connectivity index (χ4v) is 4.98. The molecule has 20 nitrogen and oxygen atoms in total. The summed E-state index contributed by atoms with van der Waals surface area (Å²) in [6.45, 7) is 7.20. The lowest BCUT2D eigenvalue weighted by Crippen LogP contribution is -2.60. The summed E-state index contributed by atoms with van der Waals surface area (Å²) in [6.07, 6.45) is -1.40. The van der Waals surface area contributed by atoms with Crippen molar-refractivity contribution in [2.75, 3.05) is 6.54 Å². The van der Waals surface area contributed by atoms with Gasteiger partial charge in [-0.2, -0.15) is 0 Å². The largest absolute Gasteiger partial charge is 0.481 e. The average molecular weight is 760 g/mol. The van der Waals surface area contributed by atoms with Crippen molar-refractivity contribution in [2.45, 2.75) is 135 Å². The minimum Gasteiger partial charge on any atom is -0.481 e. The molecule has 0 radical (unpaired) electrons. The number of amides is 5. The van der Waals surface area contributed by atoms with Gasteiger partial charge in [0.25, 0.3) is 0 Å². The number of hydrogen-bond acceptors (Lipinski definition) is 11. The van der Waals surface area contributed by atoms with Gasteiger partial charge >= 0.3 is 23.9 Å². The second kappa shape index (κ2) is 25.2. The van der Waals surface area contributed by atoms with Crippen LogP contribution in [-0.4, -0.2) is 117 Å². The molecule has 13 N–H and O–H groups in total. The fourth-order valence-electron chi connectivity index (χ4n) is 4.98. The zero-order valence-corrected chi connectivity index (χ0v) is 30.7. The van der Waals surface area contributed by atoms with E-state index in [-0.39, 0.29) is 12.3 Å². The second-order valence-corrected chi connectivity index (χ2v) is 13.3. The predicted molar refractivity (Wildman–Crippen MR) is 188 cm³/mol. The molecule has 53 heavy (non-hydrogen) atoms. The number of unbranched alkanes of at least 4 members (excludes halogenated alkanes) is 1. The van der Waals surface area contributed by atoms with Gasteiger partial charge in [0.1, 0.15) is 30.2 Å². The maximum atomic E-state index is 13.6. The molecule has 0 aliphatic heterocycles. The van der Waals surface area contributed by atoms with E-state index < -0.39 is 134 Å². The molecule has 0 aromatic rings. The lowest BCUT2D eigenvalue weighted by molar-refractivity contribution is -0.143. The Morgan fingerprint density at radius 2 is 0.962 bits per heavy atom. The van der Waals surface area contributed by atoms with Crippen LogP contribution in [0.1, 0.15) is 98.3 Å². The van der Waals surface area contributed by atoms with Crippen LogP contribution >= 0.6 is 0 Å². The Morgan fingerprint density at radius 3 is 1.38 bits per heavy atom. The third-order valence-electron chi connectivity index (χ3n) is 8.26. The molecule has 0 saturated carbocycles. The third kappa shape index (κ3) is 20.1. The number of carboxylic acid groups (broad SMARTS) is 4. The Balaban J connectivity index is 6.29. The Hall–Kier alpha value is -4.85. The average Bonchev–Trinajstić information content (AvgIpc) is 3.07. The number of aliphatic carboxylic acids is 4. The summed E-state index contributed by atoms with van der Waals surface area (Å²) < 4.78 is 0. The number of hydrogen-bond donors (Lipinski definition) is 11. The highest BCUT2D eigenvalue weighted by Gasteiger charge is 2.34. The van der Waals surface area contributed by atoms with Gasteiger partial charge in [-0.05, 0) is 56.9 Å². The quantitative estimate of drug-likeness (QED) is 0.0410. The van der Waals surface area contributed by atoms with Gasteiger partial charge in [0.15, 0.2) is 0 Å². The number of rotatable bonds is 28. The number of carboxylic acids is 4. The lowest BCUT2D eigenvalue weighted by Gasteiger charge is -2.29. The number of nitrogens with two attached hydrogens (primary N) is 2. The number of carbonyl (C=O) groups excluding carboxylic acids is 5. The predicted octanol–water partition coefficient (Wildman–Crippen LogP) is -1.36. The van der Waals surface area contributed by atoms with E-state index in [0.29, 0.717) is 32.2 Å². The van der Waals surface area contributed by atoms with E-state index in [4.69, 9.17) is 16.6 Å². The van der Waals surface area contributed by atoms with Crippen molar-refractivity contribution in [3.05, 3.63) is 0 Å². The highest BCUT2D eigenvalue weighted by molar-refractivity contribution is 5.96. The summed E-state index contributed by atoms with van der Waals surface area (Å²) in [7, 11) is 0. The Kier molecular flexibility index (Phi) is 22.9. The van der Waals surface area contributed by atoms with Crippen molar-refractivity contribution in [2.24, 2.45) is 23.3 Å². The van der Waals surface area contributed by atoms with Gasteiger partial charge in [0.2, 0.25) is 29.5 Å². The summed E-state index contributed by atoms with van der Waals surface area (Å²) in [6, 6.07) is -8.38. The molecule has 5 amide bonds. The van der Waals surface area contributed by atoms with Crippen LogP contribution in [0.4, 0.5) is 0 Å². The first kappa shape index (κ1) is 48.1. The van der Waals surface area contributed by atoms with Crippen molar-refractivity contribution in [3.63, 3.8) is 0 Å². The van der Waals surface area contributed by atoms with Gasteiger partial charge in [-0.3, -0.25) is 38.4 Å². The molecular formula is C33H57N7O13. The van der Waals surface area contributed by atoms with Gasteiger partial charge in [-0.15, -0.1) is 0 Å². The molecule has 0 aliphatic rings.